The topological polar surface area (TPSA) is 0 Å². The first-order chi connectivity index (χ1) is 5.75. The SMILES string of the molecule is C=C(C)/C(C)=C/C=C(\C)C(C)(C)C. The largest absolute Gasteiger partial charge is 0.0958 e. The quantitative estimate of drug-likeness (QED) is 0.546. The van der Waals surface area contributed by atoms with Gasteiger partial charge in [-0.2, -0.15) is 0 Å². The van der Waals surface area contributed by atoms with Crippen LogP contribution < -0.4 is 0 Å². The lowest BCUT2D eigenvalue weighted by Crippen LogP contribution is -2.05. The van der Waals surface area contributed by atoms with Gasteiger partial charge in [0, 0.05) is 0 Å². The number of hydrogen-bond acceptors (Lipinski definition) is 0. The van der Waals surface area contributed by atoms with Crippen LogP contribution in [0.5, 0.6) is 0 Å². The Balaban J connectivity index is 4.61. The molecule has 0 heterocycles. The highest BCUT2D eigenvalue weighted by atomic mass is 14.2. The molecule has 0 atom stereocenters. The zero-order valence-electron chi connectivity index (χ0n) is 9.86. The van der Waals surface area contributed by atoms with Crippen molar-refractivity contribution in [1.29, 1.82) is 0 Å². The molecule has 0 unspecified atom stereocenters. The maximum atomic E-state index is 3.90. The molecule has 74 valence electrons. The number of rotatable bonds is 2. The van der Waals surface area contributed by atoms with Crippen LogP contribution in [0.4, 0.5) is 0 Å². The summed E-state index contributed by atoms with van der Waals surface area (Å²) in [5.41, 5.74) is 4.06. The van der Waals surface area contributed by atoms with Gasteiger partial charge in [-0.15, -0.1) is 0 Å². The van der Waals surface area contributed by atoms with Crippen molar-refractivity contribution in [3.63, 3.8) is 0 Å². The maximum absolute atomic E-state index is 3.90. The molecular formula is C13H22. The molecule has 0 amide bonds. The van der Waals surface area contributed by atoms with Crippen molar-refractivity contribution in [1.82, 2.24) is 0 Å². The summed E-state index contributed by atoms with van der Waals surface area (Å²) in [4.78, 5) is 0. The Morgan fingerprint density at radius 3 is 1.77 bits per heavy atom. The zero-order chi connectivity index (χ0) is 10.6. The summed E-state index contributed by atoms with van der Waals surface area (Å²) in [6.45, 7) is 16.9. The smallest absolute Gasteiger partial charge is 0.0173 e. The molecule has 0 fully saturated rings. The van der Waals surface area contributed by atoms with Gasteiger partial charge < -0.3 is 0 Å². The molecule has 0 rings (SSSR count). The van der Waals surface area contributed by atoms with Crippen LogP contribution in [0.1, 0.15) is 41.5 Å². The average Bonchev–Trinajstić information content (AvgIpc) is 1.97. The molecule has 0 aromatic carbocycles. The Kier molecular flexibility index (Phi) is 4.19. The van der Waals surface area contributed by atoms with E-state index in [0.717, 1.165) is 5.57 Å². The van der Waals surface area contributed by atoms with Gasteiger partial charge in [0.2, 0.25) is 0 Å². The maximum Gasteiger partial charge on any atom is -0.0173 e. The minimum atomic E-state index is 0.270. The molecule has 0 spiro atoms. The standard InChI is InChI=1S/C13H22/c1-10(2)11(3)8-9-12(4)13(5,6)7/h8-9H,1H2,2-7H3/b11-8+,12-9+. The molecular weight excluding hydrogens is 156 g/mol. The van der Waals surface area contributed by atoms with Crippen molar-refractivity contribution in [2.24, 2.45) is 5.41 Å². The van der Waals surface area contributed by atoms with E-state index in [0.29, 0.717) is 0 Å². The first-order valence-electron chi connectivity index (χ1n) is 4.76. The summed E-state index contributed by atoms with van der Waals surface area (Å²) < 4.78 is 0. The van der Waals surface area contributed by atoms with Crippen molar-refractivity contribution < 1.29 is 0 Å². The Morgan fingerprint density at radius 2 is 1.46 bits per heavy atom. The lowest BCUT2D eigenvalue weighted by atomic mass is 9.87. The lowest BCUT2D eigenvalue weighted by molar-refractivity contribution is 0.504. The summed E-state index contributed by atoms with van der Waals surface area (Å²) in [6, 6.07) is 0. The van der Waals surface area contributed by atoms with E-state index in [4.69, 9.17) is 0 Å². The van der Waals surface area contributed by atoms with Crippen LogP contribution in [-0.2, 0) is 0 Å². The second-order valence-corrected chi connectivity index (χ2v) is 4.73. The van der Waals surface area contributed by atoms with Crippen LogP contribution in [-0.4, -0.2) is 0 Å². The fourth-order valence-corrected chi connectivity index (χ4v) is 0.642. The van der Waals surface area contributed by atoms with Crippen LogP contribution in [0.15, 0.2) is 35.5 Å². The van der Waals surface area contributed by atoms with Gasteiger partial charge in [0.05, 0.1) is 0 Å². The minimum Gasteiger partial charge on any atom is -0.0958 e. The summed E-state index contributed by atoms with van der Waals surface area (Å²) in [6.07, 6.45) is 4.33. The molecule has 0 aliphatic heterocycles. The van der Waals surface area contributed by atoms with Gasteiger partial charge in [-0.05, 0) is 31.8 Å². The van der Waals surface area contributed by atoms with Gasteiger partial charge in [-0.1, -0.05) is 50.6 Å². The van der Waals surface area contributed by atoms with E-state index < -0.39 is 0 Å². The third-order valence-electron chi connectivity index (χ3n) is 2.44. The molecule has 13 heavy (non-hydrogen) atoms. The predicted molar refractivity (Wildman–Crippen MR) is 61.8 cm³/mol. The summed E-state index contributed by atoms with van der Waals surface area (Å²) in [5.74, 6) is 0. The fourth-order valence-electron chi connectivity index (χ4n) is 0.642. The van der Waals surface area contributed by atoms with Crippen molar-refractivity contribution >= 4 is 0 Å². The van der Waals surface area contributed by atoms with Crippen molar-refractivity contribution in [2.75, 3.05) is 0 Å². The summed E-state index contributed by atoms with van der Waals surface area (Å²) in [7, 11) is 0. The Labute approximate surface area is 83.0 Å². The Morgan fingerprint density at radius 1 is 1.00 bits per heavy atom. The molecule has 0 aliphatic carbocycles. The van der Waals surface area contributed by atoms with Crippen LogP contribution >= 0.6 is 0 Å². The Hall–Kier alpha value is -0.780. The first-order valence-corrected chi connectivity index (χ1v) is 4.76. The molecule has 0 saturated heterocycles. The third kappa shape index (κ3) is 4.72. The van der Waals surface area contributed by atoms with Gasteiger partial charge in [-0.25, -0.2) is 0 Å². The lowest BCUT2D eigenvalue weighted by Gasteiger charge is -2.18. The molecule has 0 saturated carbocycles. The highest BCUT2D eigenvalue weighted by Crippen LogP contribution is 2.24. The second-order valence-electron chi connectivity index (χ2n) is 4.73. The van der Waals surface area contributed by atoms with Gasteiger partial charge in [0.1, 0.15) is 0 Å². The van der Waals surface area contributed by atoms with E-state index in [1.807, 2.05) is 6.92 Å². The van der Waals surface area contributed by atoms with E-state index in [1.54, 1.807) is 0 Å². The molecule has 0 heteroatoms. The highest BCUT2D eigenvalue weighted by molar-refractivity contribution is 5.29. The van der Waals surface area contributed by atoms with Gasteiger partial charge in [0.15, 0.2) is 0 Å². The molecule has 0 aliphatic rings. The number of allylic oxidation sites excluding steroid dienone is 5. The second kappa shape index (κ2) is 4.45. The van der Waals surface area contributed by atoms with Gasteiger partial charge in [0.25, 0.3) is 0 Å². The van der Waals surface area contributed by atoms with Crippen LogP contribution in [0.25, 0.3) is 0 Å². The van der Waals surface area contributed by atoms with Crippen molar-refractivity contribution in [2.45, 2.75) is 41.5 Å². The summed E-state index contributed by atoms with van der Waals surface area (Å²) >= 11 is 0. The Bertz CT molecular complexity index is 244. The average molecular weight is 178 g/mol. The first kappa shape index (κ1) is 12.2. The molecule has 0 N–H and O–H groups in total. The predicted octanol–water partition coefficient (Wildman–Crippen LogP) is 4.50. The van der Waals surface area contributed by atoms with Crippen molar-refractivity contribution in [3.8, 4) is 0 Å². The fraction of sp³-hybridized carbons (Fsp3) is 0.538. The van der Waals surface area contributed by atoms with Crippen LogP contribution in [0, 0.1) is 5.41 Å². The zero-order valence-corrected chi connectivity index (χ0v) is 9.86. The molecule has 0 radical (unpaired) electrons. The van der Waals surface area contributed by atoms with E-state index in [-0.39, 0.29) is 5.41 Å². The van der Waals surface area contributed by atoms with Gasteiger partial charge >= 0.3 is 0 Å². The molecule has 0 aromatic heterocycles. The van der Waals surface area contributed by atoms with Gasteiger partial charge in [-0.3, -0.25) is 0 Å². The molecule has 0 aromatic rings. The minimum absolute atomic E-state index is 0.270. The number of hydrogen-bond donors (Lipinski definition) is 0. The normalized spacial score (nSPS) is 14.6. The van der Waals surface area contributed by atoms with Crippen molar-refractivity contribution in [3.05, 3.63) is 35.5 Å². The van der Waals surface area contributed by atoms with Crippen LogP contribution in [0.2, 0.25) is 0 Å². The summed E-state index contributed by atoms with van der Waals surface area (Å²) in [5, 5.41) is 0. The van der Waals surface area contributed by atoms with E-state index in [1.165, 1.54) is 11.1 Å². The van der Waals surface area contributed by atoms with E-state index in [9.17, 15) is 0 Å². The van der Waals surface area contributed by atoms with Crippen LogP contribution in [0.3, 0.4) is 0 Å². The van der Waals surface area contributed by atoms with E-state index >= 15 is 0 Å². The molecule has 0 bridgehead atoms. The molecule has 0 nitrogen and oxygen atoms in total. The van der Waals surface area contributed by atoms with E-state index in [2.05, 4.69) is 53.3 Å². The highest BCUT2D eigenvalue weighted by Gasteiger charge is 2.10. The third-order valence-corrected chi connectivity index (χ3v) is 2.44. The monoisotopic (exact) mass is 178 g/mol.